The lowest BCUT2D eigenvalue weighted by molar-refractivity contribution is 0.0988. The molecule has 0 spiro atoms. The lowest BCUT2D eigenvalue weighted by Gasteiger charge is -2.25. The van der Waals surface area contributed by atoms with Gasteiger partial charge in [0.15, 0.2) is 10.9 Å². The number of carbonyl (C=O) groups is 1. The van der Waals surface area contributed by atoms with Crippen molar-refractivity contribution >= 4 is 38.3 Å². The number of fused-ring (bicyclic) bond motifs is 1. The number of aromatic nitrogens is 3. The van der Waals surface area contributed by atoms with Crippen molar-refractivity contribution in [3.63, 3.8) is 0 Å². The molecule has 8 heteroatoms. The van der Waals surface area contributed by atoms with Crippen LogP contribution in [0.2, 0.25) is 0 Å². The Hall–Kier alpha value is -3.36. The SMILES string of the molecule is Nc1ccc(-c2cccc(C(=O)Cc3ccc4nc(N5CCOCC5)sc4c3)n2)cn1. The number of anilines is 2. The Morgan fingerprint density at radius 1 is 1.10 bits per heavy atom. The van der Waals surface area contributed by atoms with E-state index >= 15 is 0 Å². The molecule has 5 rings (SSSR count). The zero-order valence-corrected chi connectivity index (χ0v) is 17.6. The number of nitrogens with two attached hydrogens (primary N) is 1. The van der Waals surface area contributed by atoms with Gasteiger partial charge >= 0.3 is 0 Å². The molecule has 0 unspecified atom stereocenters. The quantitative estimate of drug-likeness (QED) is 0.483. The third-order valence-corrected chi connectivity index (χ3v) is 6.28. The third-order valence-electron chi connectivity index (χ3n) is 5.20. The maximum atomic E-state index is 12.9. The second kappa shape index (κ2) is 8.41. The number of thiazole rings is 1. The van der Waals surface area contributed by atoms with Gasteiger partial charge in [0.25, 0.3) is 0 Å². The number of rotatable bonds is 5. The van der Waals surface area contributed by atoms with Gasteiger partial charge in [0, 0.05) is 31.3 Å². The zero-order chi connectivity index (χ0) is 21.2. The number of pyridine rings is 2. The van der Waals surface area contributed by atoms with Gasteiger partial charge in [0.1, 0.15) is 11.5 Å². The maximum absolute atomic E-state index is 12.9. The number of nitrogen functional groups attached to an aromatic ring is 1. The zero-order valence-electron chi connectivity index (χ0n) is 16.8. The van der Waals surface area contributed by atoms with Gasteiger partial charge < -0.3 is 15.4 Å². The summed E-state index contributed by atoms with van der Waals surface area (Å²) in [4.78, 5) is 28.5. The van der Waals surface area contributed by atoms with Gasteiger partial charge in [-0.1, -0.05) is 23.5 Å². The summed E-state index contributed by atoms with van der Waals surface area (Å²) in [5, 5.41) is 1.01. The predicted octanol–water partition coefficient (Wildman–Crippen LogP) is 3.60. The van der Waals surface area contributed by atoms with Gasteiger partial charge in [0.2, 0.25) is 0 Å². The van der Waals surface area contributed by atoms with E-state index in [1.807, 2.05) is 30.3 Å². The fourth-order valence-electron chi connectivity index (χ4n) is 3.54. The molecule has 7 nitrogen and oxygen atoms in total. The molecule has 1 fully saturated rings. The molecule has 0 atom stereocenters. The molecule has 31 heavy (non-hydrogen) atoms. The lowest BCUT2D eigenvalue weighted by atomic mass is 10.1. The van der Waals surface area contributed by atoms with Crippen LogP contribution < -0.4 is 10.6 Å². The highest BCUT2D eigenvalue weighted by Crippen LogP contribution is 2.30. The van der Waals surface area contributed by atoms with Crippen LogP contribution in [-0.4, -0.2) is 47.0 Å². The average Bonchev–Trinajstić information content (AvgIpc) is 3.24. The normalized spacial score (nSPS) is 14.1. The summed E-state index contributed by atoms with van der Waals surface area (Å²) in [7, 11) is 0. The van der Waals surface area contributed by atoms with Crippen molar-refractivity contribution in [2.24, 2.45) is 0 Å². The van der Waals surface area contributed by atoms with Gasteiger partial charge in [-0.05, 0) is 42.0 Å². The molecule has 156 valence electrons. The van der Waals surface area contributed by atoms with Crippen molar-refractivity contribution in [1.29, 1.82) is 0 Å². The van der Waals surface area contributed by atoms with Crippen molar-refractivity contribution in [2.45, 2.75) is 6.42 Å². The van der Waals surface area contributed by atoms with Crippen LogP contribution in [0.15, 0.2) is 54.7 Å². The Balaban J connectivity index is 1.35. The Morgan fingerprint density at radius 2 is 1.97 bits per heavy atom. The van der Waals surface area contributed by atoms with E-state index in [-0.39, 0.29) is 12.2 Å². The number of hydrogen-bond donors (Lipinski definition) is 1. The topological polar surface area (TPSA) is 94.2 Å². The lowest BCUT2D eigenvalue weighted by Crippen LogP contribution is -2.36. The van der Waals surface area contributed by atoms with Crippen molar-refractivity contribution in [3.05, 3.63) is 66.0 Å². The number of benzene rings is 1. The Morgan fingerprint density at radius 3 is 2.77 bits per heavy atom. The molecule has 1 aromatic carbocycles. The van der Waals surface area contributed by atoms with Gasteiger partial charge in [-0.2, -0.15) is 0 Å². The van der Waals surface area contributed by atoms with Gasteiger partial charge in [-0.3, -0.25) is 4.79 Å². The minimum atomic E-state index is -0.0254. The van der Waals surface area contributed by atoms with Gasteiger partial charge in [0.05, 0.1) is 29.1 Å². The smallest absolute Gasteiger partial charge is 0.186 e. The fraction of sp³-hybridized carbons (Fsp3) is 0.217. The van der Waals surface area contributed by atoms with Crippen LogP contribution in [0.25, 0.3) is 21.5 Å². The number of nitrogens with zero attached hydrogens (tertiary/aromatic N) is 4. The summed E-state index contributed by atoms with van der Waals surface area (Å²) in [5.74, 6) is 0.425. The predicted molar refractivity (Wildman–Crippen MR) is 123 cm³/mol. The maximum Gasteiger partial charge on any atom is 0.186 e. The number of hydrogen-bond acceptors (Lipinski definition) is 8. The van der Waals surface area contributed by atoms with Crippen molar-refractivity contribution in [1.82, 2.24) is 15.0 Å². The first-order chi connectivity index (χ1) is 15.2. The van der Waals surface area contributed by atoms with E-state index in [4.69, 9.17) is 15.5 Å². The molecule has 4 aromatic rings. The van der Waals surface area contributed by atoms with E-state index in [0.717, 1.165) is 52.8 Å². The molecule has 1 saturated heterocycles. The molecule has 0 aliphatic carbocycles. The van der Waals surface area contributed by atoms with Crippen LogP contribution in [0.1, 0.15) is 16.1 Å². The molecule has 0 amide bonds. The molecule has 0 saturated carbocycles. The van der Waals surface area contributed by atoms with E-state index in [0.29, 0.717) is 17.2 Å². The van der Waals surface area contributed by atoms with Crippen molar-refractivity contribution in [3.8, 4) is 11.3 Å². The molecule has 2 N–H and O–H groups in total. The average molecular weight is 432 g/mol. The molecule has 3 aromatic heterocycles. The van der Waals surface area contributed by atoms with Crippen LogP contribution in [0, 0.1) is 0 Å². The van der Waals surface area contributed by atoms with Crippen LogP contribution >= 0.6 is 11.3 Å². The summed E-state index contributed by atoms with van der Waals surface area (Å²) in [6.45, 7) is 3.18. The fourth-order valence-corrected chi connectivity index (χ4v) is 4.62. The number of carbonyl (C=O) groups excluding carboxylic acids is 1. The summed E-state index contributed by atoms with van der Waals surface area (Å²) in [5.41, 5.74) is 9.53. The number of ketones is 1. The molecule has 1 aliphatic rings. The third kappa shape index (κ3) is 4.26. The number of morpholine rings is 1. The van der Waals surface area contributed by atoms with E-state index < -0.39 is 0 Å². The summed E-state index contributed by atoms with van der Waals surface area (Å²) in [6.07, 6.45) is 1.95. The van der Waals surface area contributed by atoms with Crippen LogP contribution in [0.5, 0.6) is 0 Å². The molecule has 4 heterocycles. The Bertz CT molecular complexity index is 1230. The van der Waals surface area contributed by atoms with Crippen LogP contribution in [0.4, 0.5) is 10.9 Å². The Labute approximate surface area is 183 Å². The van der Waals surface area contributed by atoms with Gasteiger partial charge in [-0.15, -0.1) is 0 Å². The minimum Gasteiger partial charge on any atom is -0.384 e. The van der Waals surface area contributed by atoms with Crippen LogP contribution in [-0.2, 0) is 11.2 Å². The summed E-state index contributed by atoms with van der Waals surface area (Å²) in [6, 6.07) is 15.0. The Kier molecular flexibility index (Phi) is 5.31. The molecule has 0 bridgehead atoms. The molecule has 1 aliphatic heterocycles. The van der Waals surface area contributed by atoms with Gasteiger partial charge in [-0.25, -0.2) is 15.0 Å². The molecular formula is C23H21N5O2S. The molecule has 0 radical (unpaired) electrons. The van der Waals surface area contributed by atoms with E-state index in [9.17, 15) is 4.79 Å². The first-order valence-electron chi connectivity index (χ1n) is 10.1. The number of Topliss-reactive ketones (excluding diaryl/α,β-unsaturated/α-hetero) is 1. The second-order valence-corrected chi connectivity index (χ2v) is 8.39. The first-order valence-corrected chi connectivity index (χ1v) is 10.9. The van der Waals surface area contributed by atoms with Crippen molar-refractivity contribution < 1.29 is 9.53 Å². The first kappa shape index (κ1) is 19.6. The van der Waals surface area contributed by atoms with E-state index in [1.54, 1.807) is 29.7 Å². The summed E-state index contributed by atoms with van der Waals surface area (Å²) < 4.78 is 6.51. The number of ether oxygens (including phenoxy) is 1. The largest absolute Gasteiger partial charge is 0.384 e. The second-order valence-electron chi connectivity index (χ2n) is 7.38. The highest BCUT2D eigenvalue weighted by atomic mass is 32.1. The van der Waals surface area contributed by atoms with Crippen LogP contribution in [0.3, 0.4) is 0 Å². The van der Waals surface area contributed by atoms with E-state index in [1.165, 1.54) is 0 Å². The standard InChI is InChI=1S/C23H21N5O2S/c24-22-7-5-16(14-25-22)17-2-1-3-18(26-17)20(29)12-15-4-6-19-21(13-15)31-23(27-19)28-8-10-30-11-9-28/h1-7,13-14H,8-12H2,(H2,24,25). The summed E-state index contributed by atoms with van der Waals surface area (Å²) >= 11 is 1.66. The van der Waals surface area contributed by atoms with E-state index in [2.05, 4.69) is 20.9 Å². The minimum absolute atomic E-state index is 0.0254. The van der Waals surface area contributed by atoms with Crippen molar-refractivity contribution in [2.75, 3.05) is 36.9 Å². The monoisotopic (exact) mass is 431 g/mol. The highest BCUT2D eigenvalue weighted by Gasteiger charge is 2.16. The molecular weight excluding hydrogens is 410 g/mol. The highest BCUT2D eigenvalue weighted by molar-refractivity contribution is 7.22.